The fraction of sp³-hybridized carbons (Fsp3) is 0.231. The lowest BCUT2D eigenvalue weighted by Crippen LogP contribution is -2.08. The Hall–Kier alpha value is -0.690. The molecule has 1 heterocycles. The zero-order valence-electron chi connectivity index (χ0n) is 10.1. The van der Waals surface area contributed by atoms with Crippen molar-refractivity contribution in [3.05, 3.63) is 49.3 Å². The Kier molecular flexibility index (Phi) is 4.21. The zero-order valence-corrected chi connectivity index (χ0v) is 13.8. The first kappa shape index (κ1) is 13.7. The molecule has 0 aliphatic heterocycles. The number of carbonyl (C=O) groups excluding carboxylic acids is 1. The number of Topliss-reactive ketones (excluding diaryl/α,β-unsaturated/α-hetero) is 1. The van der Waals surface area contributed by atoms with Crippen LogP contribution in [-0.2, 0) is 13.5 Å². The molecule has 1 aromatic heterocycles. The first-order valence-corrected chi connectivity index (χ1v) is 7.33. The van der Waals surface area contributed by atoms with Gasteiger partial charge < -0.3 is 0 Å². The molecule has 0 aliphatic carbocycles. The fourth-order valence-electron chi connectivity index (χ4n) is 1.76. The van der Waals surface area contributed by atoms with E-state index >= 15 is 0 Å². The normalized spacial score (nSPS) is 10.7. The third-order valence-corrected chi connectivity index (χ3v) is 4.51. The van der Waals surface area contributed by atoms with E-state index in [2.05, 4.69) is 43.6 Å². The highest BCUT2D eigenvalue weighted by molar-refractivity contribution is 14.1. The molecule has 3 nitrogen and oxygen atoms in total. The maximum atomic E-state index is 12.2. The van der Waals surface area contributed by atoms with E-state index in [0.717, 1.165) is 25.0 Å². The van der Waals surface area contributed by atoms with Gasteiger partial charge in [0.2, 0.25) is 0 Å². The lowest BCUT2D eigenvalue weighted by molar-refractivity contribution is 0.0990. The minimum absolute atomic E-state index is 0.107. The Morgan fingerprint density at radius 1 is 1.39 bits per heavy atom. The number of carbonyl (C=O) groups is 1. The van der Waals surface area contributed by atoms with E-state index in [0.29, 0.717) is 6.42 Å². The summed E-state index contributed by atoms with van der Waals surface area (Å²) in [7, 11) is 1.86. The van der Waals surface area contributed by atoms with Crippen molar-refractivity contribution in [2.75, 3.05) is 0 Å². The van der Waals surface area contributed by atoms with Crippen molar-refractivity contribution in [3.63, 3.8) is 0 Å². The third-order valence-electron chi connectivity index (χ3n) is 2.76. The van der Waals surface area contributed by atoms with Gasteiger partial charge in [-0.15, -0.1) is 0 Å². The number of hydrogen-bond acceptors (Lipinski definition) is 2. The van der Waals surface area contributed by atoms with Gasteiger partial charge in [-0.2, -0.15) is 5.10 Å². The van der Waals surface area contributed by atoms with Crippen LogP contribution in [0.3, 0.4) is 0 Å². The average molecular weight is 419 g/mol. The molecule has 0 saturated heterocycles. The van der Waals surface area contributed by atoms with Crippen molar-refractivity contribution in [1.82, 2.24) is 9.78 Å². The number of benzene rings is 1. The highest BCUT2D eigenvalue weighted by Gasteiger charge is 2.15. The molecule has 1 aromatic carbocycles. The van der Waals surface area contributed by atoms with Crippen LogP contribution in [0.4, 0.5) is 0 Å². The quantitative estimate of drug-likeness (QED) is 0.564. The smallest absolute Gasteiger partial charge is 0.168 e. The van der Waals surface area contributed by atoms with E-state index in [9.17, 15) is 4.79 Å². The van der Waals surface area contributed by atoms with Crippen LogP contribution >= 0.6 is 38.5 Å². The van der Waals surface area contributed by atoms with E-state index in [1.807, 2.05) is 38.2 Å². The fourth-order valence-corrected chi connectivity index (χ4v) is 2.60. The van der Waals surface area contributed by atoms with Gasteiger partial charge in [0, 0.05) is 16.2 Å². The first-order chi connectivity index (χ1) is 8.49. The second-order valence-electron chi connectivity index (χ2n) is 4.08. The largest absolute Gasteiger partial charge is 0.294 e. The molecule has 2 aromatic rings. The topological polar surface area (TPSA) is 34.9 Å². The molecule has 18 heavy (non-hydrogen) atoms. The predicted octanol–water partition coefficient (Wildman–Crippen LogP) is 3.52. The Labute approximate surface area is 128 Å². The molecule has 94 valence electrons. The van der Waals surface area contributed by atoms with Crippen LogP contribution < -0.4 is 0 Å². The summed E-state index contributed by atoms with van der Waals surface area (Å²) in [6, 6.07) is 7.61. The number of aryl methyl sites for hydroxylation is 2. The lowest BCUT2D eigenvalue weighted by Gasteiger charge is -2.03. The van der Waals surface area contributed by atoms with Crippen LogP contribution in [0.15, 0.2) is 28.7 Å². The molecule has 0 unspecified atom stereocenters. The molecule has 2 rings (SSSR count). The third kappa shape index (κ3) is 2.83. The van der Waals surface area contributed by atoms with E-state index in [-0.39, 0.29) is 5.78 Å². The Balaban J connectivity index is 2.24. The van der Waals surface area contributed by atoms with Crippen molar-refractivity contribution >= 4 is 44.3 Å². The second-order valence-corrected chi connectivity index (χ2v) is 6.12. The van der Waals surface area contributed by atoms with E-state index in [4.69, 9.17) is 0 Å². The molecule has 0 N–H and O–H groups in total. The molecule has 5 heteroatoms. The molecule has 0 atom stereocenters. The average Bonchev–Trinajstić information content (AvgIpc) is 2.57. The summed E-state index contributed by atoms with van der Waals surface area (Å²) in [5.41, 5.74) is 2.56. The van der Waals surface area contributed by atoms with Gasteiger partial charge in [-0.05, 0) is 57.6 Å². The number of ketones is 1. The minimum Gasteiger partial charge on any atom is -0.294 e. The molecule has 0 aliphatic rings. The summed E-state index contributed by atoms with van der Waals surface area (Å²) in [4.78, 5) is 12.2. The molecule has 0 saturated carbocycles. The molecule has 0 amide bonds. The van der Waals surface area contributed by atoms with Crippen LogP contribution in [0.5, 0.6) is 0 Å². The van der Waals surface area contributed by atoms with Crippen LogP contribution in [0.2, 0.25) is 0 Å². The predicted molar refractivity (Wildman–Crippen MR) is 82.8 cm³/mol. The van der Waals surface area contributed by atoms with Crippen LogP contribution in [0.1, 0.15) is 21.7 Å². The van der Waals surface area contributed by atoms with Crippen molar-refractivity contribution < 1.29 is 4.79 Å². The Bertz CT molecular complexity index is 590. The van der Waals surface area contributed by atoms with Crippen LogP contribution in [0.25, 0.3) is 0 Å². The molecule has 0 fully saturated rings. The van der Waals surface area contributed by atoms with Crippen molar-refractivity contribution in [2.45, 2.75) is 13.3 Å². The maximum Gasteiger partial charge on any atom is 0.168 e. The maximum absolute atomic E-state index is 12.2. The molecule has 0 radical (unpaired) electrons. The van der Waals surface area contributed by atoms with Crippen molar-refractivity contribution in [3.8, 4) is 0 Å². The summed E-state index contributed by atoms with van der Waals surface area (Å²) >= 11 is 5.70. The van der Waals surface area contributed by atoms with Gasteiger partial charge in [0.25, 0.3) is 0 Å². The minimum atomic E-state index is 0.107. The molecular formula is C13H12BrIN2O. The van der Waals surface area contributed by atoms with Gasteiger partial charge in [-0.25, -0.2) is 0 Å². The van der Waals surface area contributed by atoms with E-state index in [1.165, 1.54) is 0 Å². The summed E-state index contributed by atoms with van der Waals surface area (Å²) < 4.78 is 3.80. The summed E-state index contributed by atoms with van der Waals surface area (Å²) in [6.45, 7) is 1.92. The number of nitrogens with zero attached hydrogens (tertiary/aromatic N) is 2. The molecule has 0 bridgehead atoms. The first-order valence-electron chi connectivity index (χ1n) is 5.45. The number of rotatable bonds is 3. The van der Waals surface area contributed by atoms with Gasteiger partial charge in [0.15, 0.2) is 5.78 Å². The highest BCUT2D eigenvalue weighted by Crippen LogP contribution is 2.22. The van der Waals surface area contributed by atoms with Gasteiger partial charge in [-0.3, -0.25) is 9.48 Å². The van der Waals surface area contributed by atoms with Crippen molar-refractivity contribution in [1.29, 1.82) is 0 Å². The standard InChI is InChI=1S/C13H12BrIN2O/c1-8-13(14)11(17(2)16-8)7-12(18)9-3-5-10(15)6-4-9/h3-6H,7H2,1-2H3. The number of aromatic nitrogens is 2. The van der Waals surface area contributed by atoms with Gasteiger partial charge in [-0.1, -0.05) is 12.1 Å². The van der Waals surface area contributed by atoms with Crippen LogP contribution in [0, 0.1) is 10.5 Å². The Morgan fingerprint density at radius 2 is 2.00 bits per heavy atom. The number of halogens is 2. The van der Waals surface area contributed by atoms with Gasteiger partial charge in [0.1, 0.15) is 0 Å². The lowest BCUT2D eigenvalue weighted by atomic mass is 10.1. The van der Waals surface area contributed by atoms with E-state index < -0.39 is 0 Å². The summed E-state index contributed by atoms with van der Waals surface area (Å²) in [5.74, 6) is 0.107. The number of hydrogen-bond donors (Lipinski definition) is 0. The molecular weight excluding hydrogens is 407 g/mol. The molecule has 0 spiro atoms. The SMILES string of the molecule is Cc1nn(C)c(CC(=O)c2ccc(I)cc2)c1Br. The van der Waals surface area contributed by atoms with Crippen LogP contribution in [-0.4, -0.2) is 15.6 Å². The summed E-state index contributed by atoms with van der Waals surface area (Å²) in [6.07, 6.45) is 0.360. The van der Waals surface area contributed by atoms with Gasteiger partial charge in [0.05, 0.1) is 22.3 Å². The van der Waals surface area contributed by atoms with E-state index in [1.54, 1.807) is 4.68 Å². The highest BCUT2D eigenvalue weighted by atomic mass is 127. The zero-order chi connectivity index (χ0) is 13.3. The van der Waals surface area contributed by atoms with Gasteiger partial charge >= 0.3 is 0 Å². The monoisotopic (exact) mass is 418 g/mol. The second kappa shape index (κ2) is 5.52. The van der Waals surface area contributed by atoms with Crippen molar-refractivity contribution in [2.24, 2.45) is 7.05 Å². The summed E-state index contributed by atoms with van der Waals surface area (Å²) in [5, 5.41) is 4.29. The Morgan fingerprint density at radius 3 is 2.50 bits per heavy atom.